The Hall–Kier alpha value is -3.78. The van der Waals surface area contributed by atoms with Gasteiger partial charge < -0.3 is 20.9 Å². The summed E-state index contributed by atoms with van der Waals surface area (Å²) in [5.41, 5.74) is 2.96. The van der Waals surface area contributed by atoms with Crippen LogP contribution in [0, 0.1) is 5.92 Å². The Morgan fingerprint density at radius 3 is 2.49 bits per heavy atom. The molecule has 0 saturated carbocycles. The monoisotopic (exact) mass is 473 g/mol. The zero-order valence-corrected chi connectivity index (χ0v) is 20.4. The maximum atomic E-state index is 13.8. The van der Waals surface area contributed by atoms with Crippen LogP contribution in [-0.4, -0.2) is 46.7 Å². The van der Waals surface area contributed by atoms with Gasteiger partial charge in [0.25, 0.3) is 5.91 Å². The maximum Gasteiger partial charge on any atom is 0.251 e. The topological polar surface area (TPSA) is 103 Å². The van der Waals surface area contributed by atoms with Crippen LogP contribution in [0.15, 0.2) is 60.8 Å². The number of anilines is 1. The summed E-state index contributed by atoms with van der Waals surface area (Å²) >= 11 is 0. The average molecular weight is 474 g/mol. The average Bonchev–Trinajstić information content (AvgIpc) is 3.26. The summed E-state index contributed by atoms with van der Waals surface area (Å²) in [4.78, 5) is 46.0. The van der Waals surface area contributed by atoms with Gasteiger partial charge >= 0.3 is 0 Å². The Balaban J connectivity index is 1.65. The van der Waals surface area contributed by atoms with Gasteiger partial charge in [-0.25, -0.2) is 0 Å². The second-order valence-corrected chi connectivity index (χ2v) is 9.18. The third-order valence-corrected chi connectivity index (χ3v) is 6.48. The number of fused-ring (bicyclic) bond motifs is 2. The number of hydrogen-bond acceptors (Lipinski definition) is 5. The van der Waals surface area contributed by atoms with Crippen molar-refractivity contribution in [2.24, 2.45) is 5.92 Å². The molecule has 0 bridgehead atoms. The summed E-state index contributed by atoms with van der Waals surface area (Å²) in [5, 5.41) is 9.67. The number of likely N-dealkylation sites (N-methyl/N-ethyl adjacent to an activating group) is 1. The van der Waals surface area contributed by atoms with Gasteiger partial charge in [-0.15, -0.1) is 0 Å². The molecule has 3 amide bonds. The third kappa shape index (κ3) is 4.88. The lowest BCUT2D eigenvalue weighted by Gasteiger charge is -2.31. The first-order valence-corrected chi connectivity index (χ1v) is 11.8. The van der Waals surface area contributed by atoms with Crippen LogP contribution in [0.1, 0.15) is 37.9 Å². The first kappa shape index (κ1) is 24.3. The van der Waals surface area contributed by atoms with Crippen molar-refractivity contribution in [1.82, 2.24) is 20.5 Å². The molecule has 1 aliphatic heterocycles. The lowest BCUT2D eigenvalue weighted by Crippen LogP contribution is -2.55. The highest BCUT2D eigenvalue weighted by atomic mass is 16.2. The van der Waals surface area contributed by atoms with E-state index in [4.69, 9.17) is 0 Å². The van der Waals surface area contributed by atoms with Crippen molar-refractivity contribution >= 4 is 34.3 Å². The molecule has 3 aromatic rings. The van der Waals surface area contributed by atoms with Crippen molar-refractivity contribution < 1.29 is 14.4 Å². The van der Waals surface area contributed by atoms with Crippen molar-refractivity contribution in [3.63, 3.8) is 0 Å². The Kier molecular flexibility index (Phi) is 7.12. The van der Waals surface area contributed by atoms with E-state index < -0.39 is 18.1 Å². The molecule has 35 heavy (non-hydrogen) atoms. The van der Waals surface area contributed by atoms with E-state index in [1.54, 1.807) is 31.1 Å². The van der Waals surface area contributed by atoms with Crippen LogP contribution in [0.4, 0.5) is 5.69 Å². The van der Waals surface area contributed by atoms with E-state index in [1.165, 1.54) is 0 Å². The Bertz CT molecular complexity index is 1250. The molecule has 1 aliphatic rings. The van der Waals surface area contributed by atoms with Crippen LogP contribution >= 0.6 is 0 Å². The summed E-state index contributed by atoms with van der Waals surface area (Å²) in [6, 6.07) is 14.9. The van der Waals surface area contributed by atoms with Gasteiger partial charge in [-0.05, 0) is 43.1 Å². The molecular formula is C27H31N5O3. The number of amides is 3. The molecule has 2 heterocycles. The van der Waals surface area contributed by atoms with E-state index in [2.05, 4.69) is 20.9 Å². The second kappa shape index (κ2) is 10.2. The third-order valence-electron chi connectivity index (χ3n) is 6.48. The van der Waals surface area contributed by atoms with E-state index in [0.717, 1.165) is 16.5 Å². The molecule has 0 radical (unpaired) electrons. The van der Waals surface area contributed by atoms with E-state index in [0.29, 0.717) is 17.7 Å². The number of carbonyl (C=O) groups is 3. The van der Waals surface area contributed by atoms with E-state index in [-0.39, 0.29) is 23.6 Å². The summed E-state index contributed by atoms with van der Waals surface area (Å²) < 4.78 is 0. The SMILES string of the molecule is CN[C@@H](C)C(=O)N[C@H](C(=O)N1Cc2ccccc2[C@H]1C(=O)Nc1cccc2cccnc12)C(C)C. The quantitative estimate of drug-likeness (QED) is 0.490. The standard InChI is InChI=1S/C27H31N5O3/c1-16(2)22(31-25(33)17(3)28-4)27(35)32-15-19-9-5-6-12-20(19)24(32)26(34)30-21-13-7-10-18-11-8-14-29-23(18)21/h5-14,16-17,22,24,28H,15H2,1-4H3,(H,30,34)(H,31,33)/t17-,22-,24-/m0/s1. The number of nitrogens with one attached hydrogen (secondary N) is 3. The Morgan fingerprint density at radius 1 is 1.00 bits per heavy atom. The van der Waals surface area contributed by atoms with Crippen LogP contribution in [-0.2, 0) is 20.9 Å². The van der Waals surface area contributed by atoms with Crippen molar-refractivity contribution in [2.45, 2.75) is 45.4 Å². The zero-order valence-electron chi connectivity index (χ0n) is 20.4. The fourth-order valence-corrected chi connectivity index (χ4v) is 4.38. The fraction of sp³-hybridized carbons (Fsp3) is 0.333. The normalized spacial score (nSPS) is 16.6. The van der Waals surface area contributed by atoms with Crippen LogP contribution < -0.4 is 16.0 Å². The predicted molar refractivity (Wildman–Crippen MR) is 135 cm³/mol. The van der Waals surface area contributed by atoms with Crippen molar-refractivity contribution in [3.8, 4) is 0 Å². The number of rotatable bonds is 7. The summed E-state index contributed by atoms with van der Waals surface area (Å²) in [6.45, 7) is 5.79. The number of pyridine rings is 1. The first-order chi connectivity index (χ1) is 16.8. The molecule has 1 aromatic heterocycles. The van der Waals surface area contributed by atoms with Crippen LogP contribution in [0.2, 0.25) is 0 Å². The Morgan fingerprint density at radius 2 is 1.74 bits per heavy atom. The molecule has 3 N–H and O–H groups in total. The smallest absolute Gasteiger partial charge is 0.251 e. The summed E-state index contributed by atoms with van der Waals surface area (Å²) in [7, 11) is 1.69. The summed E-state index contributed by atoms with van der Waals surface area (Å²) in [6.07, 6.45) is 1.68. The highest BCUT2D eigenvalue weighted by Crippen LogP contribution is 2.36. The summed E-state index contributed by atoms with van der Waals surface area (Å²) in [5.74, 6) is -1.03. The molecule has 2 aromatic carbocycles. The molecule has 4 rings (SSSR count). The number of hydrogen-bond donors (Lipinski definition) is 3. The van der Waals surface area contributed by atoms with Crippen LogP contribution in [0.5, 0.6) is 0 Å². The largest absolute Gasteiger partial charge is 0.343 e. The number of carbonyl (C=O) groups excluding carboxylic acids is 3. The van der Waals surface area contributed by atoms with Gasteiger partial charge in [0.1, 0.15) is 12.1 Å². The highest BCUT2D eigenvalue weighted by molar-refractivity contribution is 6.04. The van der Waals surface area contributed by atoms with Crippen molar-refractivity contribution in [2.75, 3.05) is 12.4 Å². The lowest BCUT2D eigenvalue weighted by atomic mass is 10.0. The number of nitrogens with zero attached hydrogens (tertiary/aromatic N) is 2. The van der Waals surface area contributed by atoms with Gasteiger partial charge in [0, 0.05) is 18.1 Å². The van der Waals surface area contributed by atoms with Gasteiger partial charge in [-0.1, -0.05) is 56.3 Å². The second-order valence-electron chi connectivity index (χ2n) is 9.18. The van der Waals surface area contributed by atoms with E-state index >= 15 is 0 Å². The molecule has 3 atom stereocenters. The number of benzene rings is 2. The van der Waals surface area contributed by atoms with Crippen LogP contribution in [0.25, 0.3) is 10.9 Å². The van der Waals surface area contributed by atoms with Gasteiger partial charge in [-0.3, -0.25) is 19.4 Å². The van der Waals surface area contributed by atoms with E-state index in [9.17, 15) is 14.4 Å². The van der Waals surface area contributed by atoms with Crippen molar-refractivity contribution in [1.29, 1.82) is 0 Å². The minimum atomic E-state index is -0.822. The molecule has 0 fully saturated rings. The molecule has 182 valence electrons. The maximum absolute atomic E-state index is 13.8. The fourth-order valence-electron chi connectivity index (χ4n) is 4.38. The molecule has 0 spiro atoms. The van der Waals surface area contributed by atoms with Crippen molar-refractivity contribution in [3.05, 3.63) is 71.9 Å². The minimum Gasteiger partial charge on any atom is -0.343 e. The first-order valence-electron chi connectivity index (χ1n) is 11.8. The predicted octanol–water partition coefficient (Wildman–Crippen LogP) is 3.01. The minimum absolute atomic E-state index is 0.162. The molecule has 0 unspecified atom stereocenters. The van der Waals surface area contributed by atoms with Gasteiger partial charge in [0.15, 0.2) is 0 Å². The Labute approximate surface area is 205 Å². The molecule has 8 heteroatoms. The van der Waals surface area contributed by atoms with Gasteiger partial charge in [0.05, 0.1) is 17.2 Å². The lowest BCUT2D eigenvalue weighted by molar-refractivity contribution is -0.143. The van der Waals surface area contributed by atoms with Crippen LogP contribution in [0.3, 0.4) is 0 Å². The molecule has 0 saturated heterocycles. The molecular weight excluding hydrogens is 442 g/mol. The number of aromatic nitrogens is 1. The van der Waals surface area contributed by atoms with E-state index in [1.807, 2.05) is 62.4 Å². The highest BCUT2D eigenvalue weighted by Gasteiger charge is 2.42. The molecule has 0 aliphatic carbocycles. The molecule has 8 nitrogen and oxygen atoms in total. The van der Waals surface area contributed by atoms with Gasteiger partial charge in [0.2, 0.25) is 11.8 Å². The van der Waals surface area contributed by atoms with Gasteiger partial charge in [-0.2, -0.15) is 0 Å². The zero-order chi connectivity index (χ0) is 25.1. The number of para-hydroxylation sites is 1.